The molecule has 2 aromatic carbocycles. The highest BCUT2D eigenvalue weighted by molar-refractivity contribution is 5.93. The summed E-state index contributed by atoms with van der Waals surface area (Å²) in [5.74, 6) is 0.555. The summed E-state index contributed by atoms with van der Waals surface area (Å²) in [6, 6.07) is 15.2. The molecule has 146 valence electrons. The largest absolute Gasteiger partial charge is 0.494 e. The number of amides is 1. The molecule has 0 aliphatic rings. The second-order valence-electron chi connectivity index (χ2n) is 6.09. The Hall–Kier alpha value is -4.01. The van der Waals surface area contributed by atoms with Gasteiger partial charge < -0.3 is 14.5 Å². The molecule has 0 saturated carbocycles. The lowest BCUT2D eigenvalue weighted by Crippen LogP contribution is -2.25. The Morgan fingerprint density at radius 2 is 1.97 bits per heavy atom. The van der Waals surface area contributed by atoms with Crippen molar-refractivity contribution in [2.24, 2.45) is 0 Å². The van der Waals surface area contributed by atoms with Gasteiger partial charge in [-0.05, 0) is 53.7 Å². The number of fused-ring (bicyclic) bond motifs is 1. The van der Waals surface area contributed by atoms with Crippen LogP contribution in [0.25, 0.3) is 16.7 Å². The molecule has 4 rings (SSSR count). The number of tetrazole rings is 1. The molecule has 0 aliphatic heterocycles. The van der Waals surface area contributed by atoms with Gasteiger partial charge in [0.2, 0.25) is 0 Å². The molecule has 2 heterocycles. The van der Waals surface area contributed by atoms with Gasteiger partial charge in [0.05, 0.1) is 24.2 Å². The average Bonchev–Trinajstić information content (AvgIpc) is 3.21. The lowest BCUT2D eigenvalue weighted by molar-refractivity contribution is 0.0922. The van der Waals surface area contributed by atoms with Crippen LogP contribution in [0.3, 0.4) is 0 Å². The van der Waals surface area contributed by atoms with E-state index in [1.54, 1.807) is 24.3 Å². The molecule has 0 spiro atoms. The number of nitrogens with one attached hydrogen (secondary N) is 1. The summed E-state index contributed by atoms with van der Waals surface area (Å²) in [4.78, 5) is 24.6. The fourth-order valence-corrected chi connectivity index (χ4v) is 2.83. The zero-order valence-corrected chi connectivity index (χ0v) is 15.5. The minimum absolute atomic E-state index is 0.0512. The number of para-hydroxylation sites is 1. The van der Waals surface area contributed by atoms with Gasteiger partial charge in [-0.3, -0.25) is 9.59 Å². The van der Waals surface area contributed by atoms with E-state index in [1.807, 2.05) is 31.2 Å². The number of nitrogens with zero attached hydrogens (tertiary/aromatic N) is 4. The van der Waals surface area contributed by atoms with E-state index in [9.17, 15) is 9.59 Å². The van der Waals surface area contributed by atoms with Crippen molar-refractivity contribution in [2.45, 2.75) is 13.5 Å². The Morgan fingerprint density at radius 1 is 1.17 bits per heavy atom. The van der Waals surface area contributed by atoms with Crippen LogP contribution in [0, 0.1) is 0 Å². The molecule has 9 heteroatoms. The molecule has 29 heavy (non-hydrogen) atoms. The predicted molar refractivity (Wildman–Crippen MR) is 104 cm³/mol. The molecular formula is C20H17N5O4. The number of aromatic nitrogens is 4. The van der Waals surface area contributed by atoms with E-state index >= 15 is 0 Å². The SMILES string of the molecule is CCOc1ccc(-n2nnnc2CNC(=O)c2cc(=O)c3ccccc3o2)cc1. The maximum Gasteiger partial charge on any atom is 0.287 e. The van der Waals surface area contributed by atoms with E-state index < -0.39 is 5.91 Å². The number of hydrogen-bond acceptors (Lipinski definition) is 7. The number of ether oxygens (including phenoxy) is 1. The molecule has 0 fully saturated rings. The third kappa shape index (κ3) is 3.84. The number of carbonyl (C=O) groups excluding carboxylic acids is 1. The smallest absolute Gasteiger partial charge is 0.287 e. The molecule has 0 unspecified atom stereocenters. The summed E-state index contributed by atoms with van der Waals surface area (Å²) in [5.41, 5.74) is 0.792. The minimum Gasteiger partial charge on any atom is -0.494 e. The molecule has 9 nitrogen and oxygen atoms in total. The second-order valence-corrected chi connectivity index (χ2v) is 6.09. The van der Waals surface area contributed by atoms with Crippen molar-refractivity contribution in [1.29, 1.82) is 0 Å². The fraction of sp³-hybridized carbons (Fsp3) is 0.150. The van der Waals surface area contributed by atoms with Crippen LogP contribution in [-0.4, -0.2) is 32.7 Å². The highest BCUT2D eigenvalue weighted by Crippen LogP contribution is 2.16. The first-order valence-electron chi connectivity index (χ1n) is 8.97. The van der Waals surface area contributed by atoms with Gasteiger partial charge in [-0.25, -0.2) is 0 Å². The fourth-order valence-electron chi connectivity index (χ4n) is 2.83. The first kappa shape index (κ1) is 18.4. The van der Waals surface area contributed by atoms with Crippen molar-refractivity contribution < 1.29 is 13.9 Å². The lowest BCUT2D eigenvalue weighted by atomic mass is 10.2. The third-order valence-corrected chi connectivity index (χ3v) is 4.19. The lowest BCUT2D eigenvalue weighted by Gasteiger charge is -2.08. The van der Waals surface area contributed by atoms with Crippen molar-refractivity contribution in [3.05, 3.63) is 76.4 Å². The minimum atomic E-state index is -0.533. The van der Waals surface area contributed by atoms with Crippen LogP contribution in [0.5, 0.6) is 5.75 Å². The molecule has 0 saturated heterocycles. The molecule has 4 aromatic rings. The highest BCUT2D eigenvalue weighted by Gasteiger charge is 2.14. The Bertz CT molecular complexity index is 1210. The Balaban J connectivity index is 1.51. The topological polar surface area (TPSA) is 112 Å². The predicted octanol–water partition coefficient (Wildman–Crippen LogP) is 2.10. The van der Waals surface area contributed by atoms with Crippen molar-refractivity contribution in [3.8, 4) is 11.4 Å². The molecule has 1 amide bonds. The molecular weight excluding hydrogens is 374 g/mol. The molecule has 0 bridgehead atoms. The summed E-state index contributed by atoms with van der Waals surface area (Å²) in [6.07, 6.45) is 0. The van der Waals surface area contributed by atoms with Gasteiger partial charge >= 0.3 is 0 Å². The molecule has 0 atom stereocenters. The normalized spacial score (nSPS) is 10.8. The first-order chi connectivity index (χ1) is 14.2. The third-order valence-electron chi connectivity index (χ3n) is 4.19. The Kier molecular flexibility index (Phi) is 5.02. The molecule has 0 aliphatic carbocycles. The van der Waals surface area contributed by atoms with Gasteiger partial charge in [-0.15, -0.1) is 5.10 Å². The van der Waals surface area contributed by atoms with E-state index in [4.69, 9.17) is 9.15 Å². The number of carbonyl (C=O) groups is 1. The summed E-state index contributed by atoms with van der Waals surface area (Å²) in [6.45, 7) is 2.54. The zero-order chi connectivity index (χ0) is 20.2. The van der Waals surface area contributed by atoms with Gasteiger partial charge in [0.15, 0.2) is 17.0 Å². The van der Waals surface area contributed by atoms with Crippen molar-refractivity contribution in [3.63, 3.8) is 0 Å². The van der Waals surface area contributed by atoms with E-state index in [0.717, 1.165) is 11.4 Å². The summed E-state index contributed by atoms with van der Waals surface area (Å²) in [5, 5.41) is 14.7. The first-order valence-corrected chi connectivity index (χ1v) is 8.97. The monoisotopic (exact) mass is 391 g/mol. The summed E-state index contributed by atoms with van der Waals surface area (Å²) in [7, 11) is 0. The molecule has 2 aromatic heterocycles. The van der Waals surface area contributed by atoms with Crippen molar-refractivity contribution >= 4 is 16.9 Å². The average molecular weight is 391 g/mol. The van der Waals surface area contributed by atoms with E-state index in [-0.39, 0.29) is 17.7 Å². The van der Waals surface area contributed by atoms with E-state index in [1.165, 1.54) is 10.7 Å². The van der Waals surface area contributed by atoms with Crippen molar-refractivity contribution in [1.82, 2.24) is 25.5 Å². The van der Waals surface area contributed by atoms with Crippen LogP contribution < -0.4 is 15.5 Å². The molecule has 1 N–H and O–H groups in total. The Morgan fingerprint density at radius 3 is 2.76 bits per heavy atom. The number of hydrogen-bond donors (Lipinski definition) is 1. The summed E-state index contributed by atoms with van der Waals surface area (Å²) < 4.78 is 12.5. The van der Waals surface area contributed by atoms with Crippen LogP contribution in [0.15, 0.2) is 63.8 Å². The zero-order valence-electron chi connectivity index (χ0n) is 15.5. The Labute approximate surface area is 164 Å². The van der Waals surface area contributed by atoms with E-state index in [0.29, 0.717) is 23.4 Å². The van der Waals surface area contributed by atoms with Gasteiger partial charge in [0, 0.05) is 6.07 Å². The van der Waals surface area contributed by atoms with Crippen LogP contribution in [0.2, 0.25) is 0 Å². The van der Waals surface area contributed by atoms with E-state index in [2.05, 4.69) is 20.8 Å². The maximum absolute atomic E-state index is 12.5. The number of rotatable bonds is 6. The van der Waals surface area contributed by atoms with Crippen LogP contribution >= 0.6 is 0 Å². The summed E-state index contributed by atoms with van der Waals surface area (Å²) >= 11 is 0. The van der Waals surface area contributed by atoms with Gasteiger partial charge in [0.1, 0.15) is 11.3 Å². The van der Waals surface area contributed by atoms with Crippen LogP contribution in [0.1, 0.15) is 23.3 Å². The molecule has 0 radical (unpaired) electrons. The van der Waals surface area contributed by atoms with Crippen LogP contribution in [-0.2, 0) is 6.54 Å². The highest BCUT2D eigenvalue weighted by atomic mass is 16.5. The standard InChI is InChI=1S/C20H17N5O4/c1-2-28-14-9-7-13(8-10-14)25-19(22-23-24-25)12-21-20(27)18-11-16(26)15-5-3-4-6-17(15)29-18/h3-11H,2,12H2,1H3,(H,21,27). The maximum atomic E-state index is 12.5. The van der Waals surface area contributed by atoms with Gasteiger partial charge in [-0.1, -0.05) is 12.1 Å². The van der Waals surface area contributed by atoms with Gasteiger partial charge in [0.25, 0.3) is 5.91 Å². The number of benzene rings is 2. The second kappa shape index (κ2) is 7.93. The quantitative estimate of drug-likeness (QED) is 0.535. The van der Waals surface area contributed by atoms with Crippen molar-refractivity contribution in [2.75, 3.05) is 6.61 Å². The van der Waals surface area contributed by atoms with Crippen LogP contribution in [0.4, 0.5) is 0 Å². The van der Waals surface area contributed by atoms with Gasteiger partial charge in [-0.2, -0.15) is 4.68 Å².